The molecular formula is C17H34N6O. The van der Waals surface area contributed by atoms with E-state index in [2.05, 4.69) is 59.8 Å². The minimum Gasteiger partial charge on any atom is -0.381 e. The van der Waals surface area contributed by atoms with Crippen LogP contribution in [0.1, 0.15) is 31.9 Å². The van der Waals surface area contributed by atoms with E-state index in [1.807, 2.05) is 17.9 Å². The van der Waals surface area contributed by atoms with Gasteiger partial charge in [0.2, 0.25) is 0 Å². The standard InChI is InChI=1S/C17H34N6O/c1-14(2)13-24-9-7-8-19-17(18-3)20-11-16(22(4)5)15-10-21-23(6)12-15/h10,12,14,16H,7-9,11,13H2,1-6H3,(H2,18,19,20). The molecule has 1 rings (SSSR count). The molecule has 138 valence electrons. The van der Waals surface area contributed by atoms with Crippen molar-refractivity contribution in [3.8, 4) is 0 Å². The molecule has 0 saturated carbocycles. The number of hydrogen-bond donors (Lipinski definition) is 2. The lowest BCUT2D eigenvalue weighted by atomic mass is 10.1. The van der Waals surface area contributed by atoms with E-state index in [9.17, 15) is 0 Å². The molecule has 1 aromatic heterocycles. The first-order valence-electron chi connectivity index (χ1n) is 8.61. The SMILES string of the molecule is CN=C(NCCCOCC(C)C)NCC(c1cnn(C)c1)N(C)C. The van der Waals surface area contributed by atoms with Gasteiger partial charge in [0.15, 0.2) is 5.96 Å². The molecule has 1 unspecified atom stereocenters. The Morgan fingerprint density at radius 1 is 1.38 bits per heavy atom. The Balaban J connectivity index is 2.34. The fraction of sp³-hybridized carbons (Fsp3) is 0.765. The molecule has 0 bridgehead atoms. The van der Waals surface area contributed by atoms with Crippen LogP contribution in [0.5, 0.6) is 0 Å². The van der Waals surface area contributed by atoms with Crippen LogP contribution in [0.3, 0.4) is 0 Å². The fourth-order valence-corrected chi connectivity index (χ4v) is 2.32. The number of hydrogen-bond acceptors (Lipinski definition) is 4. The molecule has 24 heavy (non-hydrogen) atoms. The van der Waals surface area contributed by atoms with Crippen molar-refractivity contribution >= 4 is 5.96 Å². The summed E-state index contributed by atoms with van der Waals surface area (Å²) in [6.07, 6.45) is 4.93. The van der Waals surface area contributed by atoms with Crippen molar-refractivity contribution in [1.29, 1.82) is 0 Å². The fourth-order valence-electron chi connectivity index (χ4n) is 2.32. The molecule has 0 saturated heterocycles. The summed E-state index contributed by atoms with van der Waals surface area (Å²) in [5, 5.41) is 11.0. The van der Waals surface area contributed by atoms with Crippen LogP contribution in [0.15, 0.2) is 17.4 Å². The molecule has 0 aliphatic heterocycles. The van der Waals surface area contributed by atoms with Crippen molar-refractivity contribution in [2.24, 2.45) is 18.0 Å². The Morgan fingerprint density at radius 2 is 2.12 bits per heavy atom. The lowest BCUT2D eigenvalue weighted by molar-refractivity contribution is 0.108. The second-order valence-electron chi connectivity index (χ2n) is 6.63. The normalized spacial score (nSPS) is 13.6. The first-order valence-corrected chi connectivity index (χ1v) is 8.61. The van der Waals surface area contributed by atoms with E-state index in [1.165, 1.54) is 5.56 Å². The zero-order valence-electron chi connectivity index (χ0n) is 16.0. The monoisotopic (exact) mass is 338 g/mol. The van der Waals surface area contributed by atoms with Gasteiger partial charge in [0.25, 0.3) is 0 Å². The summed E-state index contributed by atoms with van der Waals surface area (Å²) >= 11 is 0. The van der Waals surface area contributed by atoms with Crippen LogP contribution in [0.4, 0.5) is 0 Å². The molecule has 0 fully saturated rings. The summed E-state index contributed by atoms with van der Waals surface area (Å²) in [5.41, 5.74) is 1.19. The van der Waals surface area contributed by atoms with Crippen LogP contribution >= 0.6 is 0 Å². The Morgan fingerprint density at radius 3 is 2.67 bits per heavy atom. The number of aryl methyl sites for hydroxylation is 1. The second-order valence-corrected chi connectivity index (χ2v) is 6.63. The first kappa shape index (κ1) is 20.4. The largest absolute Gasteiger partial charge is 0.381 e. The van der Waals surface area contributed by atoms with Crippen LogP contribution in [-0.4, -0.2) is 68.1 Å². The average molecular weight is 339 g/mol. The number of aromatic nitrogens is 2. The molecule has 1 aromatic rings. The van der Waals surface area contributed by atoms with Gasteiger partial charge in [-0.3, -0.25) is 9.67 Å². The van der Waals surface area contributed by atoms with Gasteiger partial charge >= 0.3 is 0 Å². The number of ether oxygens (including phenoxy) is 1. The number of guanidine groups is 1. The van der Waals surface area contributed by atoms with Gasteiger partial charge in [0, 0.05) is 52.2 Å². The summed E-state index contributed by atoms with van der Waals surface area (Å²) in [4.78, 5) is 6.46. The first-order chi connectivity index (χ1) is 11.4. The summed E-state index contributed by atoms with van der Waals surface area (Å²) < 4.78 is 7.41. The second kappa shape index (κ2) is 11.0. The Bertz CT molecular complexity index is 483. The van der Waals surface area contributed by atoms with E-state index in [4.69, 9.17) is 4.74 Å². The zero-order chi connectivity index (χ0) is 17.9. The molecule has 7 nitrogen and oxygen atoms in total. The minimum atomic E-state index is 0.242. The van der Waals surface area contributed by atoms with Crippen molar-refractivity contribution in [2.45, 2.75) is 26.3 Å². The van der Waals surface area contributed by atoms with Crippen LogP contribution in [0.25, 0.3) is 0 Å². The topological polar surface area (TPSA) is 66.7 Å². The number of aliphatic imine (C=N–C) groups is 1. The minimum absolute atomic E-state index is 0.242. The molecule has 7 heteroatoms. The van der Waals surface area contributed by atoms with E-state index >= 15 is 0 Å². The van der Waals surface area contributed by atoms with Crippen molar-refractivity contribution in [2.75, 3.05) is 47.4 Å². The van der Waals surface area contributed by atoms with Gasteiger partial charge < -0.3 is 20.3 Å². The molecule has 1 atom stereocenters. The summed E-state index contributed by atoms with van der Waals surface area (Å²) in [5.74, 6) is 1.40. The Kier molecular flexibility index (Phi) is 9.41. The molecule has 0 aliphatic carbocycles. The predicted octanol–water partition coefficient (Wildman–Crippen LogP) is 1.25. The van der Waals surface area contributed by atoms with Crippen molar-refractivity contribution < 1.29 is 4.74 Å². The Hall–Kier alpha value is -1.60. The quantitative estimate of drug-likeness (QED) is 0.382. The third-order valence-corrected chi connectivity index (χ3v) is 3.63. The molecule has 0 spiro atoms. The molecule has 2 N–H and O–H groups in total. The lowest BCUT2D eigenvalue weighted by Gasteiger charge is -2.24. The van der Waals surface area contributed by atoms with Gasteiger partial charge in [0.05, 0.1) is 12.2 Å². The maximum atomic E-state index is 5.58. The highest BCUT2D eigenvalue weighted by atomic mass is 16.5. The highest BCUT2D eigenvalue weighted by Gasteiger charge is 2.16. The van der Waals surface area contributed by atoms with Gasteiger partial charge in [0.1, 0.15) is 0 Å². The van der Waals surface area contributed by atoms with Gasteiger partial charge in [-0.1, -0.05) is 13.8 Å². The van der Waals surface area contributed by atoms with Crippen molar-refractivity contribution in [3.05, 3.63) is 18.0 Å². The van der Waals surface area contributed by atoms with Gasteiger partial charge in [-0.25, -0.2) is 0 Å². The van der Waals surface area contributed by atoms with Gasteiger partial charge in [-0.2, -0.15) is 5.10 Å². The summed E-state index contributed by atoms with van der Waals surface area (Å²) in [7, 11) is 7.87. The molecular weight excluding hydrogens is 304 g/mol. The maximum absolute atomic E-state index is 5.58. The average Bonchev–Trinajstić information content (AvgIpc) is 2.94. The van der Waals surface area contributed by atoms with E-state index in [0.717, 1.165) is 38.7 Å². The highest BCUT2D eigenvalue weighted by Crippen LogP contribution is 2.15. The van der Waals surface area contributed by atoms with E-state index < -0.39 is 0 Å². The summed E-state index contributed by atoms with van der Waals surface area (Å²) in [6.45, 7) is 7.53. The Labute approximate surface area is 146 Å². The third kappa shape index (κ3) is 7.79. The van der Waals surface area contributed by atoms with E-state index in [1.54, 1.807) is 7.05 Å². The molecule has 0 amide bonds. The van der Waals surface area contributed by atoms with Crippen molar-refractivity contribution in [1.82, 2.24) is 25.3 Å². The van der Waals surface area contributed by atoms with Crippen LogP contribution in [-0.2, 0) is 11.8 Å². The number of likely N-dealkylation sites (N-methyl/N-ethyl adjacent to an activating group) is 1. The summed E-state index contributed by atoms with van der Waals surface area (Å²) in [6, 6.07) is 0.242. The van der Waals surface area contributed by atoms with E-state index in [0.29, 0.717) is 5.92 Å². The van der Waals surface area contributed by atoms with Crippen LogP contribution in [0.2, 0.25) is 0 Å². The molecule has 0 aliphatic rings. The van der Waals surface area contributed by atoms with Gasteiger partial charge in [-0.05, 0) is 26.4 Å². The van der Waals surface area contributed by atoms with Crippen LogP contribution < -0.4 is 10.6 Å². The number of rotatable bonds is 10. The van der Waals surface area contributed by atoms with Crippen molar-refractivity contribution in [3.63, 3.8) is 0 Å². The third-order valence-electron chi connectivity index (χ3n) is 3.63. The number of nitrogens with one attached hydrogen (secondary N) is 2. The van der Waals surface area contributed by atoms with E-state index in [-0.39, 0.29) is 6.04 Å². The maximum Gasteiger partial charge on any atom is 0.191 e. The number of nitrogens with zero attached hydrogens (tertiary/aromatic N) is 4. The zero-order valence-corrected chi connectivity index (χ0v) is 16.0. The highest BCUT2D eigenvalue weighted by molar-refractivity contribution is 5.79. The lowest BCUT2D eigenvalue weighted by Crippen LogP contribution is -2.42. The van der Waals surface area contributed by atoms with Crippen LogP contribution in [0, 0.1) is 5.92 Å². The smallest absolute Gasteiger partial charge is 0.191 e. The molecule has 0 aromatic carbocycles. The van der Waals surface area contributed by atoms with Gasteiger partial charge in [-0.15, -0.1) is 0 Å². The molecule has 0 radical (unpaired) electrons. The molecule has 1 heterocycles. The predicted molar refractivity (Wildman–Crippen MR) is 99.3 cm³/mol.